The topological polar surface area (TPSA) is 94.5 Å². The van der Waals surface area contributed by atoms with E-state index in [1.54, 1.807) is 37.3 Å². The number of fused-ring (bicyclic) bond motifs is 1. The molecule has 0 fully saturated rings. The molecular formula is C22H23F3N4O4. The van der Waals surface area contributed by atoms with Crippen molar-refractivity contribution < 1.29 is 32.2 Å². The first-order chi connectivity index (χ1) is 15.6. The van der Waals surface area contributed by atoms with Crippen molar-refractivity contribution >= 4 is 34.4 Å². The smallest absolute Gasteiger partial charge is 0.422 e. The number of aryl methyl sites for hydroxylation is 2. The number of halogens is 3. The van der Waals surface area contributed by atoms with Gasteiger partial charge in [0.25, 0.3) is 0 Å². The summed E-state index contributed by atoms with van der Waals surface area (Å²) in [6, 6.07) is 9.60. The van der Waals surface area contributed by atoms with Crippen molar-refractivity contribution in [3.63, 3.8) is 0 Å². The number of pyridine rings is 1. The molecule has 33 heavy (non-hydrogen) atoms. The highest BCUT2D eigenvalue weighted by Crippen LogP contribution is 2.36. The lowest BCUT2D eigenvalue weighted by atomic mass is 10.2. The van der Waals surface area contributed by atoms with Crippen molar-refractivity contribution in [3.8, 4) is 5.75 Å². The molecule has 0 saturated heterocycles. The Hall–Kier alpha value is -3.76. The quantitative estimate of drug-likeness (QED) is 0.485. The van der Waals surface area contributed by atoms with Crippen molar-refractivity contribution in [3.05, 3.63) is 47.8 Å². The van der Waals surface area contributed by atoms with Crippen LogP contribution in [0.25, 0.3) is 11.0 Å². The molecule has 11 heteroatoms. The van der Waals surface area contributed by atoms with Gasteiger partial charge in [-0.15, -0.1) is 0 Å². The van der Waals surface area contributed by atoms with E-state index < -0.39 is 24.8 Å². The highest BCUT2D eigenvalue weighted by Gasteiger charge is 2.32. The normalized spacial score (nSPS) is 11.3. The van der Waals surface area contributed by atoms with Crippen molar-refractivity contribution in [2.45, 2.75) is 26.4 Å². The summed E-state index contributed by atoms with van der Waals surface area (Å²) in [4.78, 5) is 29.4. The highest BCUT2D eigenvalue weighted by molar-refractivity contribution is 6.04. The molecule has 0 atom stereocenters. The van der Waals surface area contributed by atoms with Crippen molar-refractivity contribution in [2.24, 2.45) is 7.05 Å². The number of para-hydroxylation sites is 1. The first kappa shape index (κ1) is 23.9. The molecule has 0 radical (unpaired) electrons. The first-order valence-corrected chi connectivity index (χ1v) is 10.2. The minimum atomic E-state index is -4.62. The van der Waals surface area contributed by atoms with Gasteiger partial charge in [-0.2, -0.15) is 13.2 Å². The van der Waals surface area contributed by atoms with E-state index in [0.717, 1.165) is 0 Å². The van der Waals surface area contributed by atoms with Gasteiger partial charge < -0.3 is 24.7 Å². The second-order valence-electron chi connectivity index (χ2n) is 7.01. The Morgan fingerprint density at radius 1 is 1.12 bits per heavy atom. The van der Waals surface area contributed by atoms with Crippen LogP contribution in [-0.2, 0) is 18.2 Å². The highest BCUT2D eigenvalue weighted by atomic mass is 19.4. The summed E-state index contributed by atoms with van der Waals surface area (Å²) in [7, 11) is 1.48. The van der Waals surface area contributed by atoms with E-state index in [1.807, 2.05) is 6.92 Å². The molecule has 2 aromatic heterocycles. The number of benzene rings is 1. The maximum Gasteiger partial charge on any atom is 0.422 e. The molecule has 0 saturated carbocycles. The molecule has 3 aromatic rings. The lowest BCUT2D eigenvalue weighted by Gasteiger charge is -2.12. The summed E-state index contributed by atoms with van der Waals surface area (Å²) in [5.74, 6) is -1.16. The Balaban J connectivity index is 2.06. The molecule has 0 aliphatic carbocycles. The van der Waals surface area contributed by atoms with Crippen LogP contribution in [-0.4, -0.2) is 40.9 Å². The minimum absolute atomic E-state index is 0.0270. The molecule has 3 rings (SSSR count). The number of alkyl halides is 3. The van der Waals surface area contributed by atoms with Gasteiger partial charge in [0.05, 0.1) is 23.4 Å². The average molecular weight is 464 g/mol. The second-order valence-corrected chi connectivity index (χ2v) is 7.01. The number of rotatable bonds is 7. The largest absolute Gasteiger partial charge is 0.481 e. The molecule has 0 unspecified atom stereocenters. The number of anilines is 2. The monoisotopic (exact) mass is 464 g/mol. The lowest BCUT2D eigenvalue weighted by Crippen LogP contribution is -2.21. The molecule has 2 heterocycles. The number of amides is 2. The molecule has 1 aromatic carbocycles. The standard InChI is InChI=1S/C22H23F3N4O4/c1-4-15-16(28-21(31)26-13-9-7-6-8-10-13)11-14-18(33-12-22(23,24)25)17(20(30)32-5-2)29(3)19(14)27-15/h6-11H,4-5,12H2,1-3H3,(H2,26,28,31). The van der Waals surface area contributed by atoms with Crippen LogP contribution in [0, 0.1) is 0 Å². The zero-order chi connectivity index (χ0) is 24.2. The number of nitrogens with zero attached hydrogens (tertiary/aromatic N) is 2. The van der Waals surface area contributed by atoms with Crippen LogP contribution in [0.15, 0.2) is 36.4 Å². The van der Waals surface area contributed by atoms with Crippen LogP contribution in [0.3, 0.4) is 0 Å². The van der Waals surface area contributed by atoms with Gasteiger partial charge in [-0.25, -0.2) is 14.6 Å². The van der Waals surface area contributed by atoms with Crippen LogP contribution >= 0.6 is 0 Å². The van der Waals surface area contributed by atoms with E-state index in [2.05, 4.69) is 15.6 Å². The van der Waals surface area contributed by atoms with E-state index in [4.69, 9.17) is 9.47 Å². The molecule has 0 aliphatic rings. The van der Waals surface area contributed by atoms with Crippen molar-refractivity contribution in [1.29, 1.82) is 0 Å². The molecular weight excluding hydrogens is 441 g/mol. The fraction of sp³-hybridized carbons (Fsp3) is 0.318. The number of nitrogens with one attached hydrogen (secondary N) is 2. The zero-order valence-electron chi connectivity index (χ0n) is 18.2. The molecule has 8 nitrogen and oxygen atoms in total. The third-order valence-electron chi connectivity index (χ3n) is 4.66. The van der Waals surface area contributed by atoms with Crippen LogP contribution in [0.1, 0.15) is 30.0 Å². The van der Waals surface area contributed by atoms with Crippen LogP contribution < -0.4 is 15.4 Å². The van der Waals surface area contributed by atoms with Gasteiger partial charge in [0, 0.05) is 12.7 Å². The van der Waals surface area contributed by atoms with E-state index >= 15 is 0 Å². The molecule has 2 amide bonds. The second kappa shape index (κ2) is 9.80. The summed E-state index contributed by atoms with van der Waals surface area (Å²) in [5, 5.41) is 5.47. The molecule has 0 aliphatic heterocycles. The lowest BCUT2D eigenvalue weighted by molar-refractivity contribution is -0.153. The fourth-order valence-corrected chi connectivity index (χ4v) is 3.26. The first-order valence-electron chi connectivity index (χ1n) is 10.2. The van der Waals surface area contributed by atoms with Gasteiger partial charge in [0.1, 0.15) is 5.65 Å². The summed E-state index contributed by atoms with van der Waals surface area (Å²) in [6.45, 7) is 1.81. The molecule has 0 bridgehead atoms. The number of aromatic nitrogens is 2. The third kappa shape index (κ3) is 5.54. The van der Waals surface area contributed by atoms with Crippen LogP contribution in [0.4, 0.5) is 29.3 Å². The number of ether oxygens (including phenoxy) is 2. The fourth-order valence-electron chi connectivity index (χ4n) is 3.26. The van der Waals surface area contributed by atoms with Crippen molar-refractivity contribution in [1.82, 2.24) is 9.55 Å². The van der Waals surface area contributed by atoms with Gasteiger partial charge in [-0.1, -0.05) is 25.1 Å². The van der Waals surface area contributed by atoms with Gasteiger partial charge in [-0.3, -0.25) is 0 Å². The Morgan fingerprint density at radius 2 is 1.82 bits per heavy atom. The molecule has 176 valence electrons. The number of carbonyl (C=O) groups excluding carboxylic acids is 2. The number of esters is 1. The summed E-state index contributed by atoms with van der Waals surface area (Å²) in [6.07, 6.45) is -4.21. The van der Waals surface area contributed by atoms with E-state index in [9.17, 15) is 22.8 Å². The van der Waals surface area contributed by atoms with Crippen LogP contribution in [0.2, 0.25) is 0 Å². The maximum atomic E-state index is 12.9. The van der Waals surface area contributed by atoms with Gasteiger partial charge >= 0.3 is 18.2 Å². The van der Waals surface area contributed by atoms with Crippen LogP contribution in [0.5, 0.6) is 5.75 Å². The predicted octanol–water partition coefficient (Wildman–Crippen LogP) is 4.90. The number of carbonyl (C=O) groups is 2. The Morgan fingerprint density at radius 3 is 2.42 bits per heavy atom. The summed E-state index contributed by atoms with van der Waals surface area (Å²) >= 11 is 0. The molecule has 2 N–H and O–H groups in total. The van der Waals surface area contributed by atoms with Gasteiger partial charge in [0.15, 0.2) is 18.1 Å². The minimum Gasteiger partial charge on any atom is -0.481 e. The van der Waals surface area contributed by atoms with E-state index in [1.165, 1.54) is 17.7 Å². The Bertz CT molecular complexity index is 1160. The van der Waals surface area contributed by atoms with E-state index in [0.29, 0.717) is 17.8 Å². The maximum absolute atomic E-state index is 12.9. The molecule has 0 spiro atoms. The SMILES string of the molecule is CCOC(=O)c1c(OCC(F)(F)F)c2cc(NC(=O)Nc3ccccc3)c(CC)nc2n1C. The summed E-state index contributed by atoms with van der Waals surface area (Å²) < 4.78 is 50.0. The van der Waals surface area contributed by atoms with Crippen molar-refractivity contribution in [2.75, 3.05) is 23.8 Å². The number of hydrogen-bond donors (Lipinski definition) is 2. The third-order valence-corrected chi connectivity index (χ3v) is 4.66. The predicted molar refractivity (Wildman–Crippen MR) is 117 cm³/mol. The zero-order valence-corrected chi connectivity index (χ0v) is 18.2. The Labute approximate surface area is 187 Å². The number of hydrogen-bond acceptors (Lipinski definition) is 5. The Kier molecular flexibility index (Phi) is 7.10. The average Bonchev–Trinajstić information content (AvgIpc) is 3.02. The van der Waals surface area contributed by atoms with Gasteiger partial charge in [-0.05, 0) is 31.5 Å². The number of urea groups is 1. The van der Waals surface area contributed by atoms with Gasteiger partial charge in [0.2, 0.25) is 0 Å². The van der Waals surface area contributed by atoms with E-state index in [-0.39, 0.29) is 34.8 Å². The summed E-state index contributed by atoms with van der Waals surface area (Å²) in [5.41, 5.74) is 1.33.